The Morgan fingerprint density at radius 3 is 3.00 bits per heavy atom. The SMILES string of the molecule is COc1ncc(CN(C)O)s1. The molecule has 1 rings (SSSR count). The van der Waals surface area contributed by atoms with Crippen molar-refractivity contribution < 1.29 is 9.94 Å². The van der Waals surface area contributed by atoms with Gasteiger partial charge >= 0.3 is 0 Å². The van der Waals surface area contributed by atoms with E-state index in [0.29, 0.717) is 11.7 Å². The third-order valence-electron chi connectivity index (χ3n) is 1.09. The van der Waals surface area contributed by atoms with Crippen LogP contribution in [0, 0.1) is 0 Å². The molecule has 0 fully saturated rings. The van der Waals surface area contributed by atoms with Gasteiger partial charge in [-0.1, -0.05) is 11.3 Å². The fourth-order valence-electron chi connectivity index (χ4n) is 0.683. The Morgan fingerprint density at radius 1 is 1.82 bits per heavy atom. The molecule has 62 valence electrons. The van der Waals surface area contributed by atoms with Crippen molar-refractivity contribution >= 4 is 11.3 Å². The minimum Gasteiger partial charge on any atom is -0.473 e. The molecule has 0 saturated carbocycles. The molecule has 4 nitrogen and oxygen atoms in total. The van der Waals surface area contributed by atoms with Crippen molar-refractivity contribution in [3.8, 4) is 5.19 Å². The molecule has 1 aromatic heterocycles. The second-order valence-electron chi connectivity index (χ2n) is 2.11. The number of hydrogen-bond acceptors (Lipinski definition) is 5. The normalized spacial score (nSPS) is 10.5. The second-order valence-corrected chi connectivity index (χ2v) is 3.19. The van der Waals surface area contributed by atoms with Gasteiger partial charge in [0, 0.05) is 18.1 Å². The van der Waals surface area contributed by atoms with Crippen molar-refractivity contribution in [2.24, 2.45) is 0 Å². The number of hydroxylamine groups is 2. The Bertz CT molecular complexity index is 224. The lowest BCUT2D eigenvalue weighted by molar-refractivity contribution is -0.0723. The Morgan fingerprint density at radius 2 is 2.55 bits per heavy atom. The quantitative estimate of drug-likeness (QED) is 0.694. The predicted molar refractivity (Wildman–Crippen MR) is 41.9 cm³/mol. The molecule has 0 aliphatic carbocycles. The molecule has 0 aromatic carbocycles. The topological polar surface area (TPSA) is 45.6 Å². The van der Waals surface area contributed by atoms with Gasteiger partial charge in [-0.25, -0.2) is 4.98 Å². The summed E-state index contributed by atoms with van der Waals surface area (Å²) >= 11 is 1.43. The molecule has 0 bridgehead atoms. The van der Waals surface area contributed by atoms with E-state index in [4.69, 9.17) is 9.94 Å². The number of methoxy groups -OCH3 is 1. The molecular formula is C6H10N2O2S. The number of thiazole rings is 1. The van der Waals surface area contributed by atoms with Gasteiger partial charge in [0.2, 0.25) is 0 Å². The Balaban J connectivity index is 2.58. The molecule has 1 aromatic rings. The molecular weight excluding hydrogens is 164 g/mol. The smallest absolute Gasteiger partial charge is 0.273 e. The fourth-order valence-corrected chi connectivity index (χ4v) is 1.45. The summed E-state index contributed by atoms with van der Waals surface area (Å²) in [6.45, 7) is 0.487. The van der Waals surface area contributed by atoms with E-state index in [1.165, 1.54) is 11.3 Å². The van der Waals surface area contributed by atoms with Crippen LogP contribution in [-0.4, -0.2) is 29.4 Å². The highest BCUT2D eigenvalue weighted by Gasteiger charge is 2.02. The van der Waals surface area contributed by atoms with Crippen LogP contribution in [0.4, 0.5) is 0 Å². The van der Waals surface area contributed by atoms with Crippen molar-refractivity contribution in [3.63, 3.8) is 0 Å². The van der Waals surface area contributed by atoms with E-state index in [0.717, 1.165) is 9.94 Å². The Kier molecular flexibility index (Phi) is 2.81. The molecule has 0 unspecified atom stereocenters. The molecule has 0 aliphatic rings. The van der Waals surface area contributed by atoms with Crippen molar-refractivity contribution in [1.82, 2.24) is 10.0 Å². The maximum Gasteiger partial charge on any atom is 0.273 e. The first-order valence-electron chi connectivity index (χ1n) is 3.11. The summed E-state index contributed by atoms with van der Waals surface area (Å²) in [5.41, 5.74) is 0. The van der Waals surface area contributed by atoms with E-state index in [1.54, 1.807) is 20.4 Å². The minimum absolute atomic E-state index is 0.487. The van der Waals surface area contributed by atoms with Crippen LogP contribution in [0.5, 0.6) is 5.19 Å². The number of hydrogen-bond donors (Lipinski definition) is 1. The van der Waals surface area contributed by atoms with E-state index in [9.17, 15) is 0 Å². The zero-order valence-electron chi connectivity index (χ0n) is 6.44. The van der Waals surface area contributed by atoms with Gasteiger partial charge in [-0.15, -0.1) is 0 Å². The van der Waals surface area contributed by atoms with Crippen LogP contribution in [0.15, 0.2) is 6.20 Å². The predicted octanol–water partition coefficient (Wildman–Crippen LogP) is 0.973. The first kappa shape index (κ1) is 8.45. The average molecular weight is 174 g/mol. The molecule has 5 heteroatoms. The van der Waals surface area contributed by atoms with Crippen LogP contribution in [0.3, 0.4) is 0 Å². The van der Waals surface area contributed by atoms with Crippen LogP contribution in [0.1, 0.15) is 4.88 Å². The largest absolute Gasteiger partial charge is 0.473 e. The molecule has 0 radical (unpaired) electrons. The second kappa shape index (κ2) is 3.66. The minimum atomic E-state index is 0.487. The lowest BCUT2D eigenvalue weighted by Gasteiger charge is -2.03. The highest BCUT2D eigenvalue weighted by atomic mass is 32.1. The van der Waals surface area contributed by atoms with Crippen molar-refractivity contribution in [3.05, 3.63) is 11.1 Å². The van der Waals surface area contributed by atoms with Crippen LogP contribution >= 0.6 is 11.3 Å². The fraction of sp³-hybridized carbons (Fsp3) is 0.500. The van der Waals surface area contributed by atoms with E-state index in [2.05, 4.69) is 4.98 Å². The third-order valence-corrected chi connectivity index (χ3v) is 2.04. The maximum atomic E-state index is 8.86. The molecule has 0 amide bonds. The summed E-state index contributed by atoms with van der Waals surface area (Å²) in [5.74, 6) is 0. The van der Waals surface area contributed by atoms with E-state index in [-0.39, 0.29) is 0 Å². The maximum absolute atomic E-state index is 8.86. The summed E-state index contributed by atoms with van der Waals surface area (Å²) in [7, 11) is 3.16. The number of ether oxygens (including phenoxy) is 1. The highest BCUT2D eigenvalue weighted by Crippen LogP contribution is 2.20. The van der Waals surface area contributed by atoms with E-state index in [1.807, 2.05) is 0 Å². The molecule has 11 heavy (non-hydrogen) atoms. The van der Waals surface area contributed by atoms with Gasteiger partial charge in [0.05, 0.1) is 13.7 Å². The van der Waals surface area contributed by atoms with Gasteiger partial charge in [0.1, 0.15) is 0 Å². The molecule has 0 spiro atoms. The highest BCUT2D eigenvalue weighted by molar-refractivity contribution is 7.13. The van der Waals surface area contributed by atoms with Crippen LogP contribution in [0.2, 0.25) is 0 Å². The number of aromatic nitrogens is 1. The molecule has 1 N–H and O–H groups in total. The van der Waals surface area contributed by atoms with Crippen LogP contribution in [0.25, 0.3) is 0 Å². The number of nitrogens with zero attached hydrogens (tertiary/aromatic N) is 2. The molecule has 0 saturated heterocycles. The molecule has 0 aliphatic heterocycles. The van der Waals surface area contributed by atoms with Crippen molar-refractivity contribution in [2.45, 2.75) is 6.54 Å². The van der Waals surface area contributed by atoms with Crippen LogP contribution < -0.4 is 4.74 Å². The Labute approximate surface area is 69.0 Å². The molecule has 0 atom stereocenters. The summed E-state index contributed by atoms with van der Waals surface area (Å²) in [5, 5.41) is 10.6. The van der Waals surface area contributed by atoms with Crippen molar-refractivity contribution in [1.29, 1.82) is 0 Å². The van der Waals surface area contributed by atoms with Gasteiger partial charge in [0.25, 0.3) is 5.19 Å². The van der Waals surface area contributed by atoms with Crippen molar-refractivity contribution in [2.75, 3.05) is 14.2 Å². The van der Waals surface area contributed by atoms with Gasteiger partial charge in [-0.2, -0.15) is 5.06 Å². The van der Waals surface area contributed by atoms with E-state index < -0.39 is 0 Å². The first-order chi connectivity index (χ1) is 5.22. The monoisotopic (exact) mass is 174 g/mol. The standard InChI is InChI=1S/C6H10N2O2S/c1-8(9)4-5-3-7-6(10-2)11-5/h3,9H,4H2,1-2H3. The molecule has 1 heterocycles. The Hall–Kier alpha value is -0.650. The average Bonchev–Trinajstić information content (AvgIpc) is 2.34. The summed E-state index contributed by atoms with van der Waals surface area (Å²) in [4.78, 5) is 4.92. The van der Waals surface area contributed by atoms with Gasteiger partial charge in [-0.05, 0) is 0 Å². The third kappa shape index (κ3) is 2.45. The first-order valence-corrected chi connectivity index (χ1v) is 3.92. The van der Waals surface area contributed by atoms with Gasteiger partial charge in [-0.3, -0.25) is 0 Å². The van der Waals surface area contributed by atoms with Gasteiger partial charge < -0.3 is 9.94 Å². The lowest BCUT2D eigenvalue weighted by atomic mass is 10.5. The van der Waals surface area contributed by atoms with Gasteiger partial charge in [0.15, 0.2) is 0 Å². The number of rotatable bonds is 3. The lowest BCUT2D eigenvalue weighted by Crippen LogP contribution is -2.10. The zero-order chi connectivity index (χ0) is 8.27. The van der Waals surface area contributed by atoms with E-state index >= 15 is 0 Å². The zero-order valence-corrected chi connectivity index (χ0v) is 7.26. The summed E-state index contributed by atoms with van der Waals surface area (Å²) < 4.78 is 4.88. The van der Waals surface area contributed by atoms with Crippen LogP contribution in [-0.2, 0) is 6.54 Å². The summed E-state index contributed by atoms with van der Waals surface area (Å²) in [6, 6.07) is 0. The summed E-state index contributed by atoms with van der Waals surface area (Å²) in [6.07, 6.45) is 1.69.